The van der Waals surface area contributed by atoms with Crippen molar-refractivity contribution < 1.29 is 14.3 Å². The number of hydrogen-bond acceptors (Lipinski definition) is 9. The van der Waals surface area contributed by atoms with Gasteiger partial charge in [0.05, 0.1) is 29.8 Å². The highest BCUT2D eigenvalue weighted by atomic mass is 35.5. The Morgan fingerprint density at radius 2 is 1.95 bits per heavy atom. The number of carbonyl (C=O) groups is 1. The first-order valence-corrected chi connectivity index (χ1v) is 14.2. The van der Waals surface area contributed by atoms with E-state index in [1.165, 1.54) is 17.3 Å². The zero-order valence-electron chi connectivity index (χ0n) is 24.2. The highest BCUT2D eigenvalue weighted by Gasteiger charge is 2.48. The van der Waals surface area contributed by atoms with E-state index in [9.17, 15) is 4.79 Å². The van der Waals surface area contributed by atoms with E-state index in [2.05, 4.69) is 56.7 Å². The molecule has 2 N–H and O–H groups in total. The summed E-state index contributed by atoms with van der Waals surface area (Å²) in [6, 6.07) is 4.24. The molecule has 2 aromatic heterocycles. The van der Waals surface area contributed by atoms with Gasteiger partial charge in [-0.15, -0.1) is 0 Å². The molecule has 2 aliphatic rings. The van der Waals surface area contributed by atoms with Gasteiger partial charge in [0.1, 0.15) is 16.9 Å². The van der Waals surface area contributed by atoms with Crippen molar-refractivity contribution in [2.45, 2.75) is 65.3 Å². The number of nitrogens with zero attached hydrogens (tertiary/aromatic N) is 5. The lowest BCUT2D eigenvalue weighted by Gasteiger charge is -2.21. The Balaban J connectivity index is 1.40. The van der Waals surface area contributed by atoms with E-state index < -0.39 is 6.10 Å². The minimum atomic E-state index is -0.483. The third-order valence-corrected chi connectivity index (χ3v) is 7.59. The van der Waals surface area contributed by atoms with Crippen LogP contribution in [0.1, 0.15) is 61.6 Å². The van der Waals surface area contributed by atoms with Crippen molar-refractivity contribution in [3.63, 3.8) is 0 Å². The number of anilines is 4. The van der Waals surface area contributed by atoms with Crippen LogP contribution in [-0.4, -0.2) is 68.9 Å². The summed E-state index contributed by atoms with van der Waals surface area (Å²) in [5, 5.41) is 11.2. The molecule has 40 heavy (non-hydrogen) atoms. The number of likely N-dealkylation sites (tertiary alicyclic amines) is 1. The second-order valence-corrected chi connectivity index (χ2v) is 11.9. The summed E-state index contributed by atoms with van der Waals surface area (Å²) in [4.78, 5) is 24.5. The van der Waals surface area contributed by atoms with Gasteiger partial charge in [-0.2, -0.15) is 10.1 Å². The molecule has 5 rings (SSSR count). The summed E-state index contributed by atoms with van der Waals surface area (Å²) in [5.41, 5.74) is 4.06. The normalized spacial score (nSPS) is 20.8. The molecule has 0 spiro atoms. The van der Waals surface area contributed by atoms with Crippen molar-refractivity contribution in [1.29, 1.82) is 0 Å². The largest absolute Gasteiger partial charge is 0.489 e. The van der Waals surface area contributed by atoms with Gasteiger partial charge in [-0.1, -0.05) is 25.4 Å². The van der Waals surface area contributed by atoms with Crippen LogP contribution < -0.4 is 15.4 Å². The predicted octanol–water partition coefficient (Wildman–Crippen LogP) is 5.47. The standard InChI is InChI=1S/C29H38ClN7O3/c1-15(2)26-27(40-26)25(38)24-22(14-37(7)35-24)32-28-20(30)12-31-29(34-28)33-21-10-17(5)19(11-23(21)39-16(3)4)18-8-9-36(6)13-18/h10-12,14-16,18,26-27H,8-9,13H2,1-7H3,(H2,31,32,33,34). The van der Waals surface area contributed by atoms with E-state index in [0.717, 1.165) is 30.9 Å². The molecule has 0 saturated carbocycles. The molecule has 1 aromatic carbocycles. The minimum absolute atomic E-state index is 0.00185. The van der Waals surface area contributed by atoms with Gasteiger partial charge < -0.3 is 25.0 Å². The molecule has 4 heterocycles. The van der Waals surface area contributed by atoms with E-state index in [1.54, 1.807) is 17.9 Å². The van der Waals surface area contributed by atoms with Crippen LogP contribution in [0.15, 0.2) is 24.5 Å². The van der Waals surface area contributed by atoms with Gasteiger partial charge in [0.2, 0.25) is 11.7 Å². The first-order chi connectivity index (χ1) is 19.0. The summed E-state index contributed by atoms with van der Waals surface area (Å²) in [5.74, 6) is 2.01. The van der Waals surface area contributed by atoms with Gasteiger partial charge >= 0.3 is 0 Å². The van der Waals surface area contributed by atoms with Crippen molar-refractivity contribution in [1.82, 2.24) is 24.6 Å². The quantitative estimate of drug-likeness (QED) is 0.243. The molecule has 2 saturated heterocycles. The zero-order chi connectivity index (χ0) is 28.7. The number of hydrogen-bond donors (Lipinski definition) is 2. The van der Waals surface area contributed by atoms with E-state index in [4.69, 9.17) is 21.1 Å². The van der Waals surface area contributed by atoms with Crippen molar-refractivity contribution in [3.05, 3.63) is 46.4 Å². The van der Waals surface area contributed by atoms with Gasteiger partial charge in [0.15, 0.2) is 11.5 Å². The van der Waals surface area contributed by atoms with Gasteiger partial charge in [-0.05, 0) is 75.9 Å². The molecule has 10 nitrogen and oxygen atoms in total. The van der Waals surface area contributed by atoms with Gasteiger partial charge in [-0.25, -0.2) is 4.98 Å². The maximum Gasteiger partial charge on any atom is 0.229 e. The molecule has 0 radical (unpaired) electrons. The smallest absolute Gasteiger partial charge is 0.229 e. The van der Waals surface area contributed by atoms with Gasteiger partial charge in [0, 0.05) is 19.8 Å². The Bertz CT molecular complexity index is 1410. The minimum Gasteiger partial charge on any atom is -0.489 e. The highest BCUT2D eigenvalue weighted by molar-refractivity contribution is 6.33. The van der Waals surface area contributed by atoms with Crippen LogP contribution in [0.5, 0.6) is 5.75 Å². The first kappa shape index (κ1) is 28.3. The molecule has 3 atom stereocenters. The molecule has 2 aliphatic heterocycles. The number of Topliss-reactive ketones (excluding diaryl/α,β-unsaturated/α-hetero) is 1. The molecule has 3 aromatic rings. The summed E-state index contributed by atoms with van der Waals surface area (Å²) >= 11 is 6.48. The fourth-order valence-electron chi connectivity index (χ4n) is 5.28. The summed E-state index contributed by atoms with van der Waals surface area (Å²) in [6.07, 6.45) is 3.80. The molecule has 214 valence electrons. The number of ether oxygens (including phenoxy) is 2. The van der Waals surface area contributed by atoms with Crippen LogP contribution in [0.2, 0.25) is 5.02 Å². The van der Waals surface area contributed by atoms with Crippen molar-refractivity contribution in [3.8, 4) is 5.75 Å². The first-order valence-electron chi connectivity index (χ1n) is 13.8. The number of epoxide rings is 1. The third kappa shape index (κ3) is 6.09. The summed E-state index contributed by atoms with van der Waals surface area (Å²) in [7, 11) is 3.92. The number of halogens is 1. The lowest BCUT2D eigenvalue weighted by atomic mass is 9.93. The molecule has 0 amide bonds. The van der Waals surface area contributed by atoms with Crippen LogP contribution in [0.25, 0.3) is 0 Å². The molecular weight excluding hydrogens is 530 g/mol. The molecular formula is C29H38ClN7O3. The maximum atomic E-state index is 13.1. The summed E-state index contributed by atoms with van der Waals surface area (Å²) < 4.78 is 13.4. The average molecular weight is 568 g/mol. The molecule has 0 aliphatic carbocycles. The number of nitrogens with one attached hydrogen (secondary N) is 2. The Morgan fingerprint density at radius 3 is 2.60 bits per heavy atom. The van der Waals surface area contributed by atoms with E-state index in [0.29, 0.717) is 28.4 Å². The predicted molar refractivity (Wildman–Crippen MR) is 156 cm³/mol. The average Bonchev–Trinajstić information content (AvgIpc) is 3.46. The number of likely N-dealkylation sites (N-methyl/N-ethyl adjacent to an activating group) is 1. The monoisotopic (exact) mass is 567 g/mol. The number of ketones is 1. The number of benzene rings is 1. The van der Waals surface area contributed by atoms with Crippen LogP contribution in [0.3, 0.4) is 0 Å². The lowest BCUT2D eigenvalue weighted by Crippen LogP contribution is -2.15. The number of aryl methyl sites for hydroxylation is 2. The van der Waals surface area contributed by atoms with Crippen molar-refractivity contribution in [2.75, 3.05) is 30.8 Å². The highest BCUT2D eigenvalue weighted by Crippen LogP contribution is 2.38. The van der Waals surface area contributed by atoms with E-state index in [1.807, 2.05) is 27.7 Å². The van der Waals surface area contributed by atoms with Crippen molar-refractivity contribution in [2.24, 2.45) is 13.0 Å². The van der Waals surface area contributed by atoms with Gasteiger partial charge in [-0.3, -0.25) is 9.48 Å². The lowest BCUT2D eigenvalue weighted by molar-refractivity contribution is 0.0949. The Morgan fingerprint density at radius 1 is 1.18 bits per heavy atom. The second kappa shape index (κ2) is 11.3. The summed E-state index contributed by atoms with van der Waals surface area (Å²) in [6.45, 7) is 12.3. The molecule has 11 heteroatoms. The number of rotatable bonds is 10. The second-order valence-electron chi connectivity index (χ2n) is 11.5. The topological polar surface area (TPSA) is 110 Å². The third-order valence-electron chi connectivity index (χ3n) is 7.31. The SMILES string of the molecule is Cc1cc(Nc2ncc(Cl)c(Nc3cn(C)nc3C(=O)C3OC3C(C)C)n2)c(OC(C)C)cc1C1CCN(C)C1. The molecule has 0 bridgehead atoms. The van der Waals surface area contributed by atoms with Crippen LogP contribution >= 0.6 is 11.6 Å². The Labute approximate surface area is 240 Å². The molecule has 2 fully saturated rings. The van der Waals surface area contributed by atoms with Crippen LogP contribution in [0, 0.1) is 12.8 Å². The van der Waals surface area contributed by atoms with Crippen LogP contribution in [0.4, 0.5) is 23.1 Å². The maximum absolute atomic E-state index is 13.1. The number of carbonyl (C=O) groups excluding carboxylic acids is 1. The molecule has 3 unspecified atom stereocenters. The van der Waals surface area contributed by atoms with E-state index in [-0.39, 0.29) is 29.6 Å². The number of aromatic nitrogens is 4. The Kier molecular flexibility index (Phi) is 8.03. The van der Waals surface area contributed by atoms with E-state index >= 15 is 0 Å². The Hall–Kier alpha value is -3.21. The fraction of sp³-hybridized carbons (Fsp3) is 0.517. The fourth-order valence-corrected chi connectivity index (χ4v) is 5.42. The van der Waals surface area contributed by atoms with Crippen LogP contribution in [-0.2, 0) is 11.8 Å². The van der Waals surface area contributed by atoms with Crippen molar-refractivity contribution >= 4 is 40.5 Å². The zero-order valence-corrected chi connectivity index (χ0v) is 24.9. The van der Waals surface area contributed by atoms with Gasteiger partial charge in [0.25, 0.3) is 0 Å².